The van der Waals surface area contributed by atoms with Gasteiger partial charge >= 0.3 is 0 Å². The Balaban J connectivity index is 1.57. The van der Waals surface area contributed by atoms with Crippen molar-refractivity contribution in [2.45, 2.75) is 12.3 Å². The van der Waals surface area contributed by atoms with Crippen molar-refractivity contribution >= 4 is 17.3 Å². The van der Waals surface area contributed by atoms with Gasteiger partial charge in [0.25, 0.3) is 0 Å². The van der Waals surface area contributed by atoms with Crippen molar-refractivity contribution in [1.29, 1.82) is 0 Å². The lowest BCUT2D eigenvalue weighted by Gasteiger charge is -2.18. The number of anilines is 2. The predicted octanol–water partition coefficient (Wildman–Crippen LogP) is 3.00. The number of nitrogens with zero attached hydrogens (tertiary/aromatic N) is 1. The van der Waals surface area contributed by atoms with Gasteiger partial charge in [-0.2, -0.15) is 0 Å². The molecule has 0 spiro atoms. The monoisotopic (exact) mass is 328 g/mol. The normalized spacial score (nSPS) is 19.0. The Morgan fingerprint density at radius 3 is 2.50 bits per heavy atom. The molecule has 1 aliphatic rings. The molecular formula is C19H21FN2O2. The molecule has 0 radical (unpaired) electrons. The lowest BCUT2D eigenvalue weighted by atomic mass is 10.1. The number of benzene rings is 2. The van der Waals surface area contributed by atoms with Crippen LogP contribution in [0.5, 0.6) is 0 Å². The second kappa shape index (κ2) is 7.01. The molecule has 3 rings (SSSR count). The van der Waals surface area contributed by atoms with E-state index in [9.17, 15) is 9.18 Å². The van der Waals surface area contributed by atoms with Crippen LogP contribution in [0.15, 0.2) is 48.5 Å². The molecule has 1 saturated carbocycles. The molecule has 2 atom stereocenters. The number of aliphatic hydroxyl groups excluding tert-OH is 1. The highest BCUT2D eigenvalue weighted by Gasteiger charge is 2.43. The van der Waals surface area contributed by atoms with Gasteiger partial charge in [-0.1, -0.05) is 12.1 Å². The summed E-state index contributed by atoms with van der Waals surface area (Å²) in [7, 11) is 1.90. The molecule has 0 saturated heterocycles. The SMILES string of the molecule is CN(CCO)c1ccc(NC(=O)C2CC2c2ccc(F)cc2)cc1. The number of rotatable bonds is 6. The first kappa shape index (κ1) is 16.5. The molecular weight excluding hydrogens is 307 g/mol. The second-order valence-corrected chi connectivity index (χ2v) is 6.18. The van der Waals surface area contributed by atoms with Crippen LogP contribution in [0.4, 0.5) is 15.8 Å². The maximum Gasteiger partial charge on any atom is 0.228 e. The third-order valence-corrected chi connectivity index (χ3v) is 4.44. The topological polar surface area (TPSA) is 52.6 Å². The van der Waals surface area contributed by atoms with Crippen molar-refractivity contribution in [3.05, 3.63) is 59.9 Å². The number of nitrogens with one attached hydrogen (secondary N) is 1. The number of aliphatic hydroxyl groups is 1. The highest BCUT2D eigenvalue weighted by molar-refractivity contribution is 5.95. The first-order valence-corrected chi connectivity index (χ1v) is 8.07. The molecule has 126 valence electrons. The Kier molecular flexibility index (Phi) is 4.81. The summed E-state index contributed by atoms with van der Waals surface area (Å²) in [6.45, 7) is 0.661. The van der Waals surface area contributed by atoms with Crippen LogP contribution in [0.2, 0.25) is 0 Å². The van der Waals surface area contributed by atoms with Gasteiger partial charge in [0, 0.05) is 30.9 Å². The van der Waals surface area contributed by atoms with E-state index in [1.165, 1.54) is 12.1 Å². The predicted molar refractivity (Wildman–Crippen MR) is 92.7 cm³/mol. The minimum absolute atomic E-state index is 0.000729. The molecule has 1 amide bonds. The van der Waals surface area contributed by atoms with Crippen LogP contribution in [0.3, 0.4) is 0 Å². The summed E-state index contributed by atoms with van der Waals surface area (Å²) in [5.41, 5.74) is 2.75. The fourth-order valence-corrected chi connectivity index (χ4v) is 2.88. The summed E-state index contributed by atoms with van der Waals surface area (Å²) < 4.78 is 13.0. The molecule has 1 fully saturated rings. The lowest BCUT2D eigenvalue weighted by Crippen LogP contribution is -2.21. The fraction of sp³-hybridized carbons (Fsp3) is 0.316. The van der Waals surface area contributed by atoms with Gasteiger partial charge in [-0.3, -0.25) is 4.79 Å². The number of amides is 1. The Bertz CT molecular complexity index is 700. The van der Waals surface area contributed by atoms with Crippen LogP contribution in [-0.2, 0) is 4.79 Å². The first-order chi connectivity index (χ1) is 11.6. The van der Waals surface area contributed by atoms with E-state index < -0.39 is 0 Å². The molecule has 0 aliphatic heterocycles. The van der Waals surface area contributed by atoms with Crippen LogP contribution in [0, 0.1) is 11.7 Å². The number of hydrogen-bond donors (Lipinski definition) is 2. The molecule has 0 heterocycles. The third kappa shape index (κ3) is 3.74. The Hall–Kier alpha value is -2.40. The molecule has 2 unspecified atom stereocenters. The molecule has 0 bridgehead atoms. The van der Waals surface area contributed by atoms with E-state index >= 15 is 0 Å². The standard InChI is InChI=1S/C19H21FN2O2/c1-22(10-11-23)16-8-6-15(7-9-16)21-19(24)18-12-17(18)13-2-4-14(20)5-3-13/h2-9,17-18,23H,10-12H2,1H3,(H,21,24). The fourth-order valence-electron chi connectivity index (χ4n) is 2.88. The van der Waals surface area contributed by atoms with E-state index in [-0.39, 0.29) is 30.2 Å². The molecule has 2 aromatic carbocycles. The van der Waals surface area contributed by atoms with Crippen LogP contribution in [0.1, 0.15) is 17.9 Å². The van der Waals surface area contributed by atoms with Crippen molar-refractivity contribution in [2.75, 3.05) is 30.4 Å². The molecule has 0 aromatic heterocycles. The maximum absolute atomic E-state index is 13.0. The van der Waals surface area contributed by atoms with E-state index in [2.05, 4.69) is 5.32 Å². The van der Waals surface area contributed by atoms with Crippen molar-refractivity contribution in [3.8, 4) is 0 Å². The van der Waals surface area contributed by atoms with E-state index in [1.807, 2.05) is 36.2 Å². The summed E-state index contributed by atoms with van der Waals surface area (Å²) in [6.07, 6.45) is 0.800. The molecule has 2 aromatic rings. The summed E-state index contributed by atoms with van der Waals surface area (Å²) in [6, 6.07) is 13.9. The van der Waals surface area contributed by atoms with Gasteiger partial charge in [-0.25, -0.2) is 4.39 Å². The summed E-state index contributed by atoms with van der Waals surface area (Å²) in [5, 5.41) is 11.9. The van der Waals surface area contributed by atoms with E-state index in [0.717, 1.165) is 23.4 Å². The van der Waals surface area contributed by atoms with Crippen molar-refractivity contribution in [2.24, 2.45) is 5.92 Å². The molecule has 2 N–H and O–H groups in total. The van der Waals surface area contributed by atoms with Crippen LogP contribution < -0.4 is 10.2 Å². The summed E-state index contributed by atoms with van der Waals surface area (Å²) >= 11 is 0. The second-order valence-electron chi connectivity index (χ2n) is 6.18. The van der Waals surface area contributed by atoms with E-state index in [4.69, 9.17) is 5.11 Å². The number of likely N-dealkylation sites (N-methyl/N-ethyl adjacent to an activating group) is 1. The van der Waals surface area contributed by atoms with Gasteiger partial charge in [0.15, 0.2) is 0 Å². The molecule has 4 nitrogen and oxygen atoms in total. The zero-order valence-electron chi connectivity index (χ0n) is 13.6. The third-order valence-electron chi connectivity index (χ3n) is 4.44. The molecule has 24 heavy (non-hydrogen) atoms. The zero-order valence-corrected chi connectivity index (χ0v) is 13.6. The highest BCUT2D eigenvalue weighted by atomic mass is 19.1. The highest BCUT2D eigenvalue weighted by Crippen LogP contribution is 2.48. The zero-order chi connectivity index (χ0) is 17.1. The molecule has 1 aliphatic carbocycles. The van der Waals surface area contributed by atoms with Gasteiger partial charge < -0.3 is 15.3 Å². The van der Waals surface area contributed by atoms with Crippen molar-refractivity contribution in [1.82, 2.24) is 0 Å². The lowest BCUT2D eigenvalue weighted by molar-refractivity contribution is -0.117. The minimum Gasteiger partial charge on any atom is -0.395 e. The van der Waals surface area contributed by atoms with Crippen molar-refractivity contribution in [3.63, 3.8) is 0 Å². The van der Waals surface area contributed by atoms with Gasteiger partial charge in [-0.05, 0) is 54.3 Å². The average molecular weight is 328 g/mol. The van der Waals surface area contributed by atoms with Crippen LogP contribution in [0.25, 0.3) is 0 Å². The quantitative estimate of drug-likeness (QED) is 0.857. The number of halogens is 1. The van der Waals surface area contributed by atoms with Gasteiger partial charge in [0.1, 0.15) is 5.82 Å². The Morgan fingerprint density at radius 1 is 1.21 bits per heavy atom. The number of carbonyl (C=O) groups is 1. The Labute approximate surface area is 140 Å². The number of carbonyl (C=O) groups excluding carboxylic acids is 1. The largest absolute Gasteiger partial charge is 0.395 e. The van der Waals surface area contributed by atoms with Crippen molar-refractivity contribution < 1.29 is 14.3 Å². The minimum atomic E-state index is -0.258. The summed E-state index contributed by atoms with van der Waals surface area (Å²) in [5.74, 6) is -0.125. The van der Waals surface area contributed by atoms with E-state index in [0.29, 0.717) is 6.54 Å². The number of hydrogen-bond acceptors (Lipinski definition) is 3. The average Bonchev–Trinajstić information content (AvgIpc) is 3.37. The molecule has 5 heteroatoms. The smallest absolute Gasteiger partial charge is 0.228 e. The van der Waals surface area contributed by atoms with Crippen LogP contribution >= 0.6 is 0 Å². The van der Waals surface area contributed by atoms with Crippen LogP contribution in [-0.4, -0.2) is 31.2 Å². The van der Waals surface area contributed by atoms with Gasteiger partial charge in [0.05, 0.1) is 6.61 Å². The first-order valence-electron chi connectivity index (χ1n) is 8.07. The summed E-state index contributed by atoms with van der Waals surface area (Å²) in [4.78, 5) is 14.3. The maximum atomic E-state index is 13.0. The Morgan fingerprint density at radius 2 is 1.88 bits per heavy atom. The van der Waals surface area contributed by atoms with Gasteiger partial charge in [-0.15, -0.1) is 0 Å². The van der Waals surface area contributed by atoms with E-state index in [1.54, 1.807) is 12.1 Å². The van der Waals surface area contributed by atoms with Gasteiger partial charge in [0.2, 0.25) is 5.91 Å².